The van der Waals surface area contributed by atoms with E-state index in [0.29, 0.717) is 5.39 Å². The fraction of sp³-hybridized carbons (Fsp3) is 0.385. The van der Waals surface area contributed by atoms with E-state index < -0.39 is 0 Å². The third-order valence-electron chi connectivity index (χ3n) is 3.39. The summed E-state index contributed by atoms with van der Waals surface area (Å²) < 4.78 is 0. The number of nitrogens with zero attached hydrogens (tertiary/aromatic N) is 1. The number of aromatic nitrogens is 2. The van der Waals surface area contributed by atoms with Gasteiger partial charge in [-0.15, -0.1) is 0 Å². The predicted octanol–water partition coefficient (Wildman–Crippen LogP) is 1.08. The monoisotopic (exact) mass is 229 g/mol. The van der Waals surface area contributed by atoms with Gasteiger partial charge in [-0.2, -0.15) is 0 Å². The quantitative estimate of drug-likeness (QED) is 0.810. The fourth-order valence-electron chi connectivity index (χ4n) is 2.46. The van der Waals surface area contributed by atoms with E-state index in [9.17, 15) is 4.79 Å². The molecule has 17 heavy (non-hydrogen) atoms. The van der Waals surface area contributed by atoms with Crippen LogP contribution in [0.4, 0.5) is 0 Å². The maximum absolute atomic E-state index is 11.5. The molecule has 2 heterocycles. The van der Waals surface area contributed by atoms with Crippen molar-refractivity contribution < 1.29 is 0 Å². The van der Waals surface area contributed by atoms with Gasteiger partial charge in [0, 0.05) is 0 Å². The van der Waals surface area contributed by atoms with Gasteiger partial charge in [0.25, 0.3) is 5.56 Å². The number of aromatic amines is 1. The van der Waals surface area contributed by atoms with Crippen molar-refractivity contribution in [3.8, 4) is 0 Å². The summed E-state index contributed by atoms with van der Waals surface area (Å²) in [5, 5.41) is 4.04. The van der Waals surface area contributed by atoms with Crippen LogP contribution in [-0.4, -0.2) is 23.1 Å². The Labute approximate surface area is 99.1 Å². The summed E-state index contributed by atoms with van der Waals surface area (Å²) >= 11 is 0. The highest BCUT2D eigenvalue weighted by Gasteiger charge is 2.15. The molecule has 0 radical (unpaired) electrons. The molecular weight excluding hydrogens is 214 g/mol. The molecule has 1 atom stereocenters. The van der Waals surface area contributed by atoms with Gasteiger partial charge in [-0.3, -0.25) is 4.79 Å². The zero-order chi connectivity index (χ0) is 11.7. The Balaban J connectivity index is 1.93. The summed E-state index contributed by atoms with van der Waals surface area (Å²) in [4.78, 5) is 18.3. The van der Waals surface area contributed by atoms with Crippen molar-refractivity contribution in [2.75, 3.05) is 13.1 Å². The molecule has 0 aliphatic carbocycles. The van der Waals surface area contributed by atoms with Crippen LogP contribution in [0.2, 0.25) is 0 Å². The minimum Gasteiger partial charge on any atom is -0.316 e. The molecule has 3 rings (SSSR count). The van der Waals surface area contributed by atoms with Crippen LogP contribution in [-0.2, 0) is 6.42 Å². The van der Waals surface area contributed by atoms with Crippen molar-refractivity contribution in [1.29, 1.82) is 0 Å². The lowest BCUT2D eigenvalue weighted by Gasteiger charge is -2.08. The molecule has 1 aliphatic rings. The minimum atomic E-state index is -0.0657. The molecule has 1 aromatic heterocycles. The first-order valence-corrected chi connectivity index (χ1v) is 6.00. The number of H-pyrrole nitrogens is 1. The molecule has 2 N–H and O–H groups in total. The van der Waals surface area contributed by atoms with E-state index in [1.165, 1.54) is 18.3 Å². The molecule has 1 aromatic carbocycles. The van der Waals surface area contributed by atoms with E-state index in [-0.39, 0.29) is 5.56 Å². The van der Waals surface area contributed by atoms with Gasteiger partial charge in [0.05, 0.1) is 17.2 Å². The first-order valence-electron chi connectivity index (χ1n) is 6.00. The highest BCUT2D eigenvalue weighted by atomic mass is 16.1. The maximum Gasteiger partial charge on any atom is 0.258 e. The summed E-state index contributed by atoms with van der Waals surface area (Å²) in [5.41, 5.74) is 1.99. The minimum absolute atomic E-state index is 0.0657. The molecule has 4 nitrogen and oxygen atoms in total. The number of rotatable bonds is 2. The van der Waals surface area contributed by atoms with Gasteiger partial charge in [0.1, 0.15) is 0 Å². The van der Waals surface area contributed by atoms with E-state index >= 15 is 0 Å². The predicted molar refractivity (Wildman–Crippen MR) is 67.0 cm³/mol. The maximum atomic E-state index is 11.5. The normalized spacial score (nSPS) is 19.9. The summed E-state index contributed by atoms with van der Waals surface area (Å²) in [7, 11) is 0. The van der Waals surface area contributed by atoms with E-state index in [1.54, 1.807) is 0 Å². The van der Waals surface area contributed by atoms with Crippen molar-refractivity contribution in [1.82, 2.24) is 15.3 Å². The second-order valence-corrected chi connectivity index (χ2v) is 4.65. The van der Waals surface area contributed by atoms with E-state index in [4.69, 9.17) is 0 Å². The lowest BCUT2D eigenvalue weighted by molar-refractivity contribution is 0.580. The second kappa shape index (κ2) is 4.30. The average molecular weight is 229 g/mol. The van der Waals surface area contributed by atoms with Gasteiger partial charge < -0.3 is 10.3 Å². The van der Waals surface area contributed by atoms with Crippen LogP contribution in [0.15, 0.2) is 29.3 Å². The molecule has 1 fully saturated rings. The lowest BCUT2D eigenvalue weighted by Crippen LogP contribution is -2.11. The smallest absolute Gasteiger partial charge is 0.258 e. The summed E-state index contributed by atoms with van der Waals surface area (Å²) in [6.45, 7) is 2.22. The largest absolute Gasteiger partial charge is 0.316 e. The third kappa shape index (κ3) is 2.08. The van der Waals surface area contributed by atoms with Crippen molar-refractivity contribution >= 4 is 10.9 Å². The number of hydrogen-bond donors (Lipinski definition) is 2. The van der Waals surface area contributed by atoms with Crippen molar-refractivity contribution in [3.63, 3.8) is 0 Å². The van der Waals surface area contributed by atoms with Gasteiger partial charge in [-0.05, 0) is 49.5 Å². The molecule has 0 spiro atoms. The number of benzene rings is 1. The second-order valence-electron chi connectivity index (χ2n) is 4.65. The first-order chi connectivity index (χ1) is 8.33. The highest BCUT2D eigenvalue weighted by molar-refractivity contribution is 5.77. The Morgan fingerprint density at radius 2 is 2.35 bits per heavy atom. The Kier molecular flexibility index (Phi) is 2.65. The molecule has 2 aromatic rings. The van der Waals surface area contributed by atoms with Crippen molar-refractivity contribution in [3.05, 3.63) is 40.4 Å². The third-order valence-corrected chi connectivity index (χ3v) is 3.39. The summed E-state index contributed by atoms with van der Waals surface area (Å²) in [6.07, 6.45) is 3.77. The number of fused-ring (bicyclic) bond motifs is 1. The van der Waals surface area contributed by atoms with Gasteiger partial charge in [0.15, 0.2) is 0 Å². The van der Waals surface area contributed by atoms with Crippen molar-refractivity contribution in [2.45, 2.75) is 12.8 Å². The molecule has 1 aliphatic heterocycles. The van der Waals surface area contributed by atoms with Crippen LogP contribution < -0.4 is 10.9 Å². The summed E-state index contributed by atoms with van der Waals surface area (Å²) in [6, 6.07) is 5.94. The zero-order valence-electron chi connectivity index (χ0n) is 9.57. The van der Waals surface area contributed by atoms with E-state index in [0.717, 1.165) is 30.9 Å². The SMILES string of the molecule is O=c1[nH]cnc2cc(CC3CCNC3)ccc12. The summed E-state index contributed by atoms with van der Waals surface area (Å²) in [5.74, 6) is 0.717. The molecule has 4 heteroatoms. The van der Waals surface area contributed by atoms with E-state index in [1.807, 2.05) is 18.2 Å². The van der Waals surface area contributed by atoms with Crippen LogP contribution in [0.5, 0.6) is 0 Å². The van der Waals surface area contributed by atoms with E-state index in [2.05, 4.69) is 15.3 Å². The lowest BCUT2D eigenvalue weighted by atomic mass is 9.98. The van der Waals surface area contributed by atoms with Gasteiger partial charge in [-0.25, -0.2) is 4.98 Å². The topological polar surface area (TPSA) is 57.8 Å². The van der Waals surface area contributed by atoms with Crippen LogP contribution in [0.25, 0.3) is 10.9 Å². The van der Waals surface area contributed by atoms with Crippen LogP contribution in [0.3, 0.4) is 0 Å². The number of nitrogens with one attached hydrogen (secondary N) is 2. The highest BCUT2D eigenvalue weighted by Crippen LogP contribution is 2.17. The zero-order valence-corrected chi connectivity index (χ0v) is 9.57. The standard InChI is InChI=1S/C13H15N3O/c17-13-11-2-1-9(5-10-3-4-14-7-10)6-12(11)15-8-16-13/h1-2,6,8,10,14H,3-5,7H2,(H,15,16,17). The first kappa shape index (κ1) is 10.5. The molecule has 0 amide bonds. The molecule has 1 saturated heterocycles. The molecule has 0 saturated carbocycles. The van der Waals surface area contributed by atoms with Gasteiger partial charge >= 0.3 is 0 Å². The molecule has 0 bridgehead atoms. The average Bonchev–Trinajstić information content (AvgIpc) is 2.82. The van der Waals surface area contributed by atoms with Crippen LogP contribution in [0.1, 0.15) is 12.0 Å². The molecule has 1 unspecified atom stereocenters. The Morgan fingerprint density at radius 1 is 1.41 bits per heavy atom. The fourth-order valence-corrected chi connectivity index (χ4v) is 2.46. The Hall–Kier alpha value is -1.68. The molecular formula is C13H15N3O. The molecule has 88 valence electrons. The van der Waals surface area contributed by atoms with Gasteiger partial charge in [0.2, 0.25) is 0 Å². The van der Waals surface area contributed by atoms with Crippen molar-refractivity contribution in [2.24, 2.45) is 5.92 Å². The van der Waals surface area contributed by atoms with Crippen LogP contribution in [0, 0.1) is 5.92 Å². The Bertz CT molecular complexity index is 584. The Morgan fingerprint density at radius 3 is 3.18 bits per heavy atom. The van der Waals surface area contributed by atoms with Crippen LogP contribution >= 0.6 is 0 Å². The van der Waals surface area contributed by atoms with Gasteiger partial charge in [-0.1, -0.05) is 6.07 Å². The number of hydrogen-bond acceptors (Lipinski definition) is 3.